The van der Waals surface area contributed by atoms with Crippen molar-refractivity contribution in [1.82, 2.24) is 4.31 Å². The fourth-order valence-electron chi connectivity index (χ4n) is 7.70. The Hall–Kier alpha value is -5.13. The van der Waals surface area contributed by atoms with Crippen LogP contribution in [0.3, 0.4) is 0 Å². The van der Waals surface area contributed by atoms with Crippen LogP contribution in [0.25, 0.3) is 33.0 Å². The molecule has 0 amide bonds. The number of fused-ring (bicyclic) bond motifs is 7. The Morgan fingerprint density at radius 3 is 2.21 bits per heavy atom. The van der Waals surface area contributed by atoms with Crippen molar-refractivity contribution in [1.29, 1.82) is 0 Å². The zero-order valence-corrected chi connectivity index (χ0v) is 32.3. The first-order valence-corrected chi connectivity index (χ1v) is 22.6. The molecular formula is C45H42N2O3SSi. The van der Waals surface area contributed by atoms with Gasteiger partial charge in [0.15, 0.2) is 0 Å². The van der Waals surface area contributed by atoms with Crippen LogP contribution in [-0.4, -0.2) is 41.9 Å². The van der Waals surface area contributed by atoms with Crippen molar-refractivity contribution >= 4 is 34.6 Å². The van der Waals surface area contributed by atoms with Gasteiger partial charge in [-0.05, 0) is 62.7 Å². The molecule has 0 saturated heterocycles. The quantitative estimate of drug-likeness (QED) is 0.127. The van der Waals surface area contributed by atoms with E-state index in [0.717, 1.165) is 44.5 Å². The summed E-state index contributed by atoms with van der Waals surface area (Å²) in [6.07, 6.45) is 0. The zero-order chi connectivity index (χ0) is 36.4. The normalized spacial score (nSPS) is 14.5. The van der Waals surface area contributed by atoms with E-state index in [4.69, 9.17) is 4.74 Å². The number of rotatable bonds is 6. The SMILES string of the molecule is CN(C)c1cccc2c(S(=O)(=O)N(C)Cc3ccc(C4c5ccccc5-c5cc6c(c(C#C[Si](C)(C)C)c54)-c4ccccc4CO6)cc3)cccc12. The molecule has 6 aromatic rings. The van der Waals surface area contributed by atoms with Crippen LogP contribution in [0.5, 0.6) is 5.75 Å². The summed E-state index contributed by atoms with van der Waals surface area (Å²) < 4.78 is 36.0. The average molecular weight is 719 g/mol. The van der Waals surface area contributed by atoms with E-state index in [1.165, 1.54) is 37.7 Å². The smallest absolute Gasteiger partial charge is 0.243 e. The molecule has 1 unspecified atom stereocenters. The molecule has 0 bridgehead atoms. The van der Waals surface area contributed by atoms with Crippen LogP contribution >= 0.6 is 0 Å². The number of sulfonamides is 1. The van der Waals surface area contributed by atoms with Crippen LogP contribution < -0.4 is 9.64 Å². The van der Waals surface area contributed by atoms with Crippen LogP contribution in [0, 0.1) is 11.5 Å². The standard InChI is InChI=1S/C45H42N2O3SSi/c1-46(2)40-19-11-18-36-35(40)17-12-20-42(36)51(48,49)47(3)28-30-21-23-31(24-22-30)43-37-16-10-9-15-34(37)39-27-41-44(33-14-8-7-13-32(33)29-50-41)38(45(39)43)25-26-52(4,5)6/h7-24,27,43H,28-29H2,1-6H3. The minimum Gasteiger partial charge on any atom is -0.488 e. The summed E-state index contributed by atoms with van der Waals surface area (Å²) in [6.45, 7) is 7.63. The summed E-state index contributed by atoms with van der Waals surface area (Å²) in [5.74, 6) is 4.59. The lowest BCUT2D eigenvalue weighted by Crippen LogP contribution is -2.26. The van der Waals surface area contributed by atoms with Gasteiger partial charge in [-0.25, -0.2) is 8.42 Å². The molecular weight excluding hydrogens is 677 g/mol. The molecule has 1 aliphatic heterocycles. The van der Waals surface area contributed by atoms with Gasteiger partial charge in [-0.3, -0.25) is 0 Å². The van der Waals surface area contributed by atoms with Crippen LogP contribution in [0.15, 0.2) is 120 Å². The van der Waals surface area contributed by atoms with Gasteiger partial charge in [0, 0.05) is 61.2 Å². The van der Waals surface area contributed by atoms with Crippen molar-refractivity contribution in [3.8, 4) is 39.5 Å². The summed E-state index contributed by atoms with van der Waals surface area (Å²) in [4.78, 5) is 2.32. The maximum Gasteiger partial charge on any atom is 0.243 e. The molecule has 1 aliphatic carbocycles. The van der Waals surface area contributed by atoms with Crippen LogP contribution in [0.4, 0.5) is 5.69 Å². The molecule has 52 heavy (non-hydrogen) atoms. The number of hydrogen-bond donors (Lipinski definition) is 0. The van der Waals surface area contributed by atoms with Crippen LogP contribution in [-0.2, 0) is 23.2 Å². The van der Waals surface area contributed by atoms with Crippen molar-refractivity contribution in [3.63, 3.8) is 0 Å². The summed E-state index contributed by atoms with van der Waals surface area (Å²) in [5.41, 5.74) is 16.0. The van der Waals surface area contributed by atoms with Gasteiger partial charge in [0.2, 0.25) is 10.0 Å². The van der Waals surface area contributed by atoms with Crippen LogP contribution in [0.2, 0.25) is 19.6 Å². The maximum atomic E-state index is 14.0. The van der Waals surface area contributed by atoms with Gasteiger partial charge >= 0.3 is 0 Å². The number of hydrogen-bond acceptors (Lipinski definition) is 4. The Bertz CT molecular complexity index is 2560. The number of benzene rings is 6. The third-order valence-corrected chi connectivity index (χ3v) is 12.9. The summed E-state index contributed by atoms with van der Waals surface area (Å²) >= 11 is 0. The lowest BCUT2D eigenvalue weighted by molar-refractivity contribution is 0.302. The minimum absolute atomic E-state index is 0.0337. The summed E-state index contributed by atoms with van der Waals surface area (Å²) in [5, 5.41) is 1.63. The molecule has 1 atom stereocenters. The molecule has 6 aromatic carbocycles. The second-order valence-corrected chi connectivity index (χ2v) is 21.8. The first kappa shape index (κ1) is 34.0. The molecule has 2 aliphatic rings. The van der Waals surface area contributed by atoms with E-state index in [1.807, 2.05) is 49.3 Å². The fourth-order valence-corrected chi connectivity index (χ4v) is 9.56. The Labute approximate surface area is 308 Å². The molecule has 0 radical (unpaired) electrons. The molecule has 0 aromatic heterocycles. The molecule has 0 saturated carbocycles. The third kappa shape index (κ3) is 5.81. The van der Waals surface area contributed by atoms with E-state index in [1.54, 1.807) is 13.1 Å². The molecule has 8 rings (SSSR count). The van der Waals surface area contributed by atoms with Gasteiger partial charge in [0.25, 0.3) is 0 Å². The van der Waals surface area contributed by atoms with E-state index < -0.39 is 18.1 Å². The molecule has 0 N–H and O–H groups in total. The average Bonchev–Trinajstić information content (AvgIpc) is 3.46. The lowest BCUT2D eigenvalue weighted by atomic mass is 9.82. The summed E-state index contributed by atoms with van der Waals surface area (Å²) in [6, 6.07) is 39.1. The predicted octanol–water partition coefficient (Wildman–Crippen LogP) is 9.68. The van der Waals surface area contributed by atoms with E-state index >= 15 is 0 Å². The highest BCUT2D eigenvalue weighted by Gasteiger charge is 2.36. The van der Waals surface area contributed by atoms with Gasteiger partial charge in [-0.15, -0.1) is 5.54 Å². The molecule has 0 spiro atoms. The van der Waals surface area contributed by atoms with Gasteiger partial charge in [0.1, 0.15) is 20.4 Å². The highest BCUT2D eigenvalue weighted by molar-refractivity contribution is 7.89. The topological polar surface area (TPSA) is 49.9 Å². The Morgan fingerprint density at radius 1 is 0.769 bits per heavy atom. The first-order valence-electron chi connectivity index (χ1n) is 17.7. The largest absolute Gasteiger partial charge is 0.488 e. The van der Waals surface area contributed by atoms with Crippen molar-refractivity contribution in [2.45, 2.75) is 43.6 Å². The van der Waals surface area contributed by atoms with E-state index in [0.29, 0.717) is 11.5 Å². The molecule has 1 heterocycles. The highest BCUT2D eigenvalue weighted by Crippen LogP contribution is 2.54. The number of ether oxygens (including phenoxy) is 1. The second-order valence-electron chi connectivity index (χ2n) is 15.1. The van der Waals surface area contributed by atoms with Gasteiger partial charge in [-0.1, -0.05) is 123 Å². The lowest BCUT2D eigenvalue weighted by Gasteiger charge is -2.26. The molecule has 7 heteroatoms. The minimum atomic E-state index is -3.78. The highest BCUT2D eigenvalue weighted by atomic mass is 32.2. The van der Waals surface area contributed by atoms with Gasteiger partial charge < -0.3 is 9.64 Å². The fraction of sp³-hybridized carbons (Fsp3) is 0.200. The Balaban J connectivity index is 1.20. The third-order valence-electron chi connectivity index (χ3n) is 10.2. The molecule has 5 nitrogen and oxygen atoms in total. The van der Waals surface area contributed by atoms with Crippen molar-refractivity contribution in [2.75, 3.05) is 26.0 Å². The monoisotopic (exact) mass is 718 g/mol. The second kappa shape index (κ2) is 12.8. The van der Waals surface area contributed by atoms with E-state index in [9.17, 15) is 8.42 Å². The summed E-state index contributed by atoms with van der Waals surface area (Å²) in [7, 11) is 0.0865. The van der Waals surface area contributed by atoms with E-state index in [-0.39, 0.29) is 12.5 Å². The first-order chi connectivity index (χ1) is 24.9. The maximum absolute atomic E-state index is 14.0. The molecule has 0 fully saturated rings. The predicted molar refractivity (Wildman–Crippen MR) is 216 cm³/mol. The van der Waals surface area contributed by atoms with Crippen molar-refractivity contribution in [2.24, 2.45) is 0 Å². The van der Waals surface area contributed by atoms with Crippen LogP contribution in [0.1, 0.15) is 39.3 Å². The zero-order valence-electron chi connectivity index (χ0n) is 30.5. The van der Waals surface area contributed by atoms with Crippen molar-refractivity contribution < 1.29 is 13.2 Å². The Morgan fingerprint density at radius 2 is 1.46 bits per heavy atom. The Kier molecular flexibility index (Phi) is 8.38. The van der Waals surface area contributed by atoms with Gasteiger partial charge in [-0.2, -0.15) is 4.31 Å². The number of nitrogens with zero attached hydrogens (tertiary/aromatic N) is 2. The number of anilines is 1. The van der Waals surface area contributed by atoms with Gasteiger partial charge in [0.05, 0.1) is 4.90 Å². The van der Waals surface area contributed by atoms with Crippen molar-refractivity contribution in [3.05, 3.63) is 149 Å². The van der Waals surface area contributed by atoms with E-state index in [2.05, 4.69) is 110 Å². The molecule has 260 valence electrons.